The summed E-state index contributed by atoms with van der Waals surface area (Å²) in [6.07, 6.45) is 1.48. The molecular formula is C20H23N5O. The lowest BCUT2D eigenvalue weighted by Gasteiger charge is -2.17. The molecule has 0 unspecified atom stereocenters. The number of hydrogen-bond donors (Lipinski definition) is 1. The Morgan fingerprint density at radius 2 is 1.92 bits per heavy atom. The molecule has 6 heteroatoms. The molecule has 1 heterocycles. The van der Waals surface area contributed by atoms with Crippen LogP contribution < -0.4 is 5.32 Å². The van der Waals surface area contributed by atoms with Gasteiger partial charge in [-0.3, -0.25) is 4.68 Å². The van der Waals surface area contributed by atoms with Crippen LogP contribution in [0.2, 0.25) is 0 Å². The van der Waals surface area contributed by atoms with Gasteiger partial charge in [-0.25, -0.2) is 9.78 Å². The van der Waals surface area contributed by atoms with Crippen LogP contribution in [0.1, 0.15) is 17.0 Å². The Hall–Kier alpha value is -3.15. The van der Waals surface area contributed by atoms with Gasteiger partial charge in [0, 0.05) is 20.6 Å². The third kappa shape index (κ3) is 4.27. The van der Waals surface area contributed by atoms with Crippen LogP contribution in [0.25, 0.3) is 11.1 Å². The predicted octanol–water partition coefficient (Wildman–Crippen LogP) is 3.13. The van der Waals surface area contributed by atoms with Crippen LogP contribution in [0.4, 0.5) is 4.79 Å². The van der Waals surface area contributed by atoms with Gasteiger partial charge in [0.15, 0.2) is 0 Å². The molecule has 26 heavy (non-hydrogen) atoms. The Balaban J connectivity index is 1.56. The summed E-state index contributed by atoms with van der Waals surface area (Å²) in [7, 11) is 3.55. The fourth-order valence-corrected chi connectivity index (χ4v) is 2.70. The van der Waals surface area contributed by atoms with Crippen molar-refractivity contribution in [1.29, 1.82) is 0 Å². The first-order valence-electron chi connectivity index (χ1n) is 8.51. The topological polar surface area (TPSA) is 63.1 Å². The maximum atomic E-state index is 12.2. The lowest BCUT2D eigenvalue weighted by atomic mass is 10.0. The minimum Gasteiger partial charge on any atom is -0.334 e. The number of rotatable bonds is 5. The number of carbonyl (C=O) groups is 1. The second-order valence-electron chi connectivity index (χ2n) is 6.38. The molecule has 0 saturated carbocycles. The molecule has 0 aliphatic carbocycles. The smallest absolute Gasteiger partial charge is 0.317 e. The number of carbonyl (C=O) groups excluding carboxylic acids is 1. The van der Waals surface area contributed by atoms with Crippen molar-refractivity contribution in [1.82, 2.24) is 25.0 Å². The van der Waals surface area contributed by atoms with E-state index in [4.69, 9.17) is 0 Å². The number of aromatic nitrogens is 3. The zero-order valence-electron chi connectivity index (χ0n) is 15.3. The zero-order valence-corrected chi connectivity index (χ0v) is 15.3. The van der Waals surface area contributed by atoms with Gasteiger partial charge in [0.2, 0.25) is 0 Å². The highest BCUT2D eigenvalue weighted by molar-refractivity contribution is 5.73. The molecule has 3 aromatic rings. The Morgan fingerprint density at radius 1 is 1.15 bits per heavy atom. The van der Waals surface area contributed by atoms with Crippen molar-refractivity contribution in [2.45, 2.75) is 20.0 Å². The highest BCUT2D eigenvalue weighted by Gasteiger charge is 2.11. The summed E-state index contributed by atoms with van der Waals surface area (Å²) in [5.74, 6) is 0.741. The van der Waals surface area contributed by atoms with E-state index in [2.05, 4.69) is 58.7 Å². The summed E-state index contributed by atoms with van der Waals surface area (Å²) in [6.45, 7) is 2.98. The standard InChI is InChI=1S/C20H23N5O/c1-15-5-4-6-18(11-15)17-9-7-16(8-10-17)12-21-20(26)24(2)13-19-22-14-23-25(19)3/h4-11,14H,12-13H2,1-3H3,(H,21,26). The third-order valence-corrected chi connectivity index (χ3v) is 4.28. The van der Waals surface area contributed by atoms with Gasteiger partial charge >= 0.3 is 6.03 Å². The predicted molar refractivity (Wildman–Crippen MR) is 101 cm³/mol. The summed E-state index contributed by atoms with van der Waals surface area (Å²) in [5.41, 5.74) is 4.67. The fraction of sp³-hybridized carbons (Fsp3) is 0.250. The molecule has 3 rings (SSSR count). The van der Waals surface area contributed by atoms with E-state index in [-0.39, 0.29) is 6.03 Å². The Bertz CT molecular complexity index is 885. The van der Waals surface area contributed by atoms with Crippen molar-refractivity contribution in [2.24, 2.45) is 7.05 Å². The number of nitrogens with zero attached hydrogens (tertiary/aromatic N) is 4. The van der Waals surface area contributed by atoms with Gasteiger partial charge in [0.25, 0.3) is 0 Å². The molecule has 2 amide bonds. The quantitative estimate of drug-likeness (QED) is 0.770. The van der Waals surface area contributed by atoms with Crippen molar-refractivity contribution >= 4 is 6.03 Å². The fourth-order valence-electron chi connectivity index (χ4n) is 2.70. The first-order valence-corrected chi connectivity index (χ1v) is 8.51. The van der Waals surface area contributed by atoms with Gasteiger partial charge in [-0.05, 0) is 23.6 Å². The first-order chi connectivity index (χ1) is 12.5. The highest BCUT2D eigenvalue weighted by Crippen LogP contribution is 2.20. The van der Waals surface area contributed by atoms with Crippen LogP contribution >= 0.6 is 0 Å². The molecule has 0 aliphatic rings. The van der Waals surface area contributed by atoms with Crippen molar-refractivity contribution in [2.75, 3.05) is 7.05 Å². The van der Waals surface area contributed by atoms with Crippen molar-refractivity contribution < 1.29 is 4.79 Å². The van der Waals surface area contributed by atoms with Crippen LogP contribution in [0.5, 0.6) is 0 Å². The molecule has 0 radical (unpaired) electrons. The van der Waals surface area contributed by atoms with Gasteiger partial charge in [-0.15, -0.1) is 0 Å². The summed E-state index contributed by atoms with van der Waals surface area (Å²) >= 11 is 0. The molecule has 2 aromatic carbocycles. The van der Waals surface area contributed by atoms with Crippen molar-refractivity contribution in [3.05, 3.63) is 71.8 Å². The van der Waals surface area contributed by atoms with Crippen LogP contribution in [-0.4, -0.2) is 32.7 Å². The van der Waals surface area contributed by atoms with E-state index in [1.807, 2.05) is 19.2 Å². The number of urea groups is 1. The van der Waals surface area contributed by atoms with Crippen LogP contribution in [0.3, 0.4) is 0 Å². The molecule has 0 fully saturated rings. The van der Waals surface area contributed by atoms with Crippen LogP contribution in [-0.2, 0) is 20.1 Å². The van der Waals surface area contributed by atoms with Crippen molar-refractivity contribution in [3.63, 3.8) is 0 Å². The number of hydrogen-bond acceptors (Lipinski definition) is 3. The normalized spacial score (nSPS) is 10.6. The Morgan fingerprint density at radius 3 is 2.58 bits per heavy atom. The molecule has 0 atom stereocenters. The minimum absolute atomic E-state index is 0.143. The Kier molecular flexibility index (Phi) is 5.31. The number of nitrogens with one attached hydrogen (secondary N) is 1. The molecule has 0 bridgehead atoms. The zero-order chi connectivity index (χ0) is 18.5. The summed E-state index contributed by atoms with van der Waals surface area (Å²) < 4.78 is 1.66. The summed E-state index contributed by atoms with van der Waals surface area (Å²) in [4.78, 5) is 18.0. The lowest BCUT2D eigenvalue weighted by molar-refractivity contribution is 0.204. The largest absolute Gasteiger partial charge is 0.334 e. The summed E-state index contributed by atoms with van der Waals surface area (Å²) in [6, 6.07) is 16.5. The molecule has 1 aromatic heterocycles. The molecule has 0 saturated heterocycles. The van der Waals surface area contributed by atoms with E-state index in [1.54, 1.807) is 16.6 Å². The molecular weight excluding hydrogens is 326 g/mol. The van der Waals surface area contributed by atoms with Crippen LogP contribution in [0.15, 0.2) is 54.9 Å². The van der Waals surface area contributed by atoms with Gasteiger partial charge < -0.3 is 10.2 Å². The van der Waals surface area contributed by atoms with Gasteiger partial charge in [-0.2, -0.15) is 5.10 Å². The summed E-state index contributed by atoms with van der Waals surface area (Å²) in [5, 5.41) is 6.94. The minimum atomic E-state index is -0.143. The first kappa shape index (κ1) is 17.7. The van der Waals surface area contributed by atoms with E-state index in [9.17, 15) is 4.79 Å². The maximum absolute atomic E-state index is 12.2. The average Bonchev–Trinajstić information content (AvgIpc) is 3.04. The van der Waals surface area contributed by atoms with Crippen LogP contribution in [0, 0.1) is 6.92 Å². The van der Waals surface area contributed by atoms with Gasteiger partial charge in [-0.1, -0.05) is 54.1 Å². The lowest BCUT2D eigenvalue weighted by Crippen LogP contribution is -2.37. The third-order valence-electron chi connectivity index (χ3n) is 4.28. The molecule has 0 aliphatic heterocycles. The van der Waals surface area contributed by atoms with E-state index >= 15 is 0 Å². The highest BCUT2D eigenvalue weighted by atomic mass is 16.2. The molecule has 0 spiro atoms. The number of benzene rings is 2. The van der Waals surface area contributed by atoms with E-state index < -0.39 is 0 Å². The monoisotopic (exact) mass is 349 g/mol. The molecule has 1 N–H and O–H groups in total. The number of aryl methyl sites for hydroxylation is 2. The molecule has 6 nitrogen and oxygen atoms in total. The average molecular weight is 349 g/mol. The van der Waals surface area contributed by atoms with E-state index in [0.29, 0.717) is 13.1 Å². The second-order valence-corrected chi connectivity index (χ2v) is 6.38. The SMILES string of the molecule is Cc1cccc(-c2ccc(CNC(=O)N(C)Cc3ncnn3C)cc2)c1. The molecule has 134 valence electrons. The Labute approximate surface area is 153 Å². The van der Waals surface area contributed by atoms with Gasteiger partial charge in [0.1, 0.15) is 12.2 Å². The second kappa shape index (κ2) is 7.82. The van der Waals surface area contributed by atoms with Gasteiger partial charge in [0.05, 0.1) is 6.54 Å². The maximum Gasteiger partial charge on any atom is 0.317 e. The number of amides is 2. The van der Waals surface area contributed by atoms with Crippen molar-refractivity contribution in [3.8, 4) is 11.1 Å². The van der Waals surface area contributed by atoms with E-state index in [0.717, 1.165) is 11.4 Å². The van der Waals surface area contributed by atoms with E-state index in [1.165, 1.54) is 23.0 Å².